The van der Waals surface area contributed by atoms with Gasteiger partial charge in [0, 0.05) is 6.04 Å². The van der Waals surface area contributed by atoms with Crippen LogP contribution in [0.15, 0.2) is 0 Å². The first-order chi connectivity index (χ1) is 4.86. The van der Waals surface area contributed by atoms with Crippen molar-refractivity contribution >= 4 is 0 Å². The van der Waals surface area contributed by atoms with Crippen LogP contribution in [0.5, 0.6) is 0 Å². The molecule has 1 heteroatoms. The van der Waals surface area contributed by atoms with Crippen molar-refractivity contribution in [2.45, 2.75) is 38.1 Å². The number of nitrogens with zero attached hydrogens (tertiary/aromatic N) is 1. The monoisotopic (exact) mass is 139 g/mol. The van der Waals surface area contributed by atoms with Gasteiger partial charge < -0.3 is 4.90 Å². The molecule has 2 bridgehead atoms. The number of hydrogen-bond donors (Lipinski definition) is 0. The predicted octanol–water partition coefficient (Wildman–Crippen LogP) is 1.88. The van der Waals surface area contributed by atoms with Gasteiger partial charge in [-0.2, -0.15) is 0 Å². The van der Waals surface area contributed by atoms with Gasteiger partial charge in [0.25, 0.3) is 0 Å². The van der Waals surface area contributed by atoms with Crippen molar-refractivity contribution in [3.05, 3.63) is 0 Å². The van der Waals surface area contributed by atoms with Gasteiger partial charge in [0.05, 0.1) is 0 Å². The van der Waals surface area contributed by atoms with E-state index in [4.69, 9.17) is 0 Å². The molecule has 1 saturated heterocycles. The van der Waals surface area contributed by atoms with Gasteiger partial charge in [0.1, 0.15) is 0 Å². The molecule has 1 aliphatic carbocycles. The lowest BCUT2D eigenvalue weighted by atomic mass is 9.80. The molecule has 1 heterocycles. The Bertz CT molecular complexity index is 120. The molecule has 0 amide bonds. The molecule has 0 aromatic rings. The van der Waals surface area contributed by atoms with E-state index in [-0.39, 0.29) is 0 Å². The van der Waals surface area contributed by atoms with Crippen molar-refractivity contribution < 1.29 is 0 Å². The molecule has 0 radical (unpaired) electrons. The van der Waals surface area contributed by atoms with E-state index in [0.29, 0.717) is 0 Å². The third-order valence-electron chi connectivity index (χ3n) is 3.27. The van der Waals surface area contributed by atoms with Crippen LogP contribution >= 0.6 is 0 Å². The van der Waals surface area contributed by atoms with Crippen LogP contribution in [0.25, 0.3) is 0 Å². The van der Waals surface area contributed by atoms with Crippen LogP contribution in [0, 0.1) is 5.92 Å². The SMILES string of the molecule is CN1CCC2CCCC1C2. The summed E-state index contributed by atoms with van der Waals surface area (Å²) in [4.78, 5) is 2.55. The zero-order valence-corrected chi connectivity index (χ0v) is 6.84. The highest BCUT2D eigenvalue weighted by molar-refractivity contribution is 4.83. The van der Waals surface area contributed by atoms with Gasteiger partial charge in [-0.1, -0.05) is 12.8 Å². The lowest BCUT2D eigenvalue weighted by molar-refractivity contribution is 0.0972. The molecule has 2 unspecified atom stereocenters. The van der Waals surface area contributed by atoms with Crippen molar-refractivity contribution in [2.24, 2.45) is 5.92 Å². The largest absolute Gasteiger partial charge is 0.303 e. The van der Waals surface area contributed by atoms with E-state index in [2.05, 4.69) is 11.9 Å². The van der Waals surface area contributed by atoms with E-state index in [1.165, 1.54) is 38.6 Å². The minimum absolute atomic E-state index is 0.951. The summed E-state index contributed by atoms with van der Waals surface area (Å²) in [7, 11) is 2.28. The maximum absolute atomic E-state index is 2.55. The number of hydrogen-bond acceptors (Lipinski definition) is 1. The molecule has 0 aromatic heterocycles. The summed E-state index contributed by atoms with van der Waals surface area (Å²) >= 11 is 0. The lowest BCUT2D eigenvalue weighted by Crippen LogP contribution is -2.42. The van der Waals surface area contributed by atoms with Crippen LogP contribution in [0.3, 0.4) is 0 Å². The molecule has 2 aliphatic rings. The second-order valence-corrected chi connectivity index (χ2v) is 3.96. The Labute approximate surface area is 63.4 Å². The van der Waals surface area contributed by atoms with Gasteiger partial charge >= 0.3 is 0 Å². The van der Waals surface area contributed by atoms with Crippen molar-refractivity contribution in [1.29, 1.82) is 0 Å². The van der Waals surface area contributed by atoms with Gasteiger partial charge in [-0.15, -0.1) is 0 Å². The van der Waals surface area contributed by atoms with Crippen LogP contribution in [0.1, 0.15) is 32.1 Å². The third-order valence-corrected chi connectivity index (χ3v) is 3.27. The van der Waals surface area contributed by atoms with Crippen LogP contribution in [-0.4, -0.2) is 24.5 Å². The van der Waals surface area contributed by atoms with E-state index >= 15 is 0 Å². The first-order valence-electron chi connectivity index (χ1n) is 4.56. The first-order valence-corrected chi connectivity index (χ1v) is 4.56. The zero-order valence-electron chi connectivity index (χ0n) is 6.84. The Balaban J connectivity index is 2.00. The van der Waals surface area contributed by atoms with E-state index in [1.807, 2.05) is 0 Å². The minimum atomic E-state index is 0.951. The fraction of sp³-hybridized carbons (Fsp3) is 1.00. The van der Waals surface area contributed by atoms with Crippen LogP contribution < -0.4 is 0 Å². The Hall–Kier alpha value is -0.0400. The summed E-state index contributed by atoms with van der Waals surface area (Å²) in [5.41, 5.74) is 0. The lowest BCUT2D eigenvalue weighted by Gasteiger charge is -2.41. The average molecular weight is 139 g/mol. The molecule has 2 rings (SSSR count). The van der Waals surface area contributed by atoms with E-state index in [9.17, 15) is 0 Å². The molecular weight excluding hydrogens is 122 g/mol. The second kappa shape index (κ2) is 2.54. The molecular formula is C9H17N. The van der Waals surface area contributed by atoms with Crippen molar-refractivity contribution in [3.8, 4) is 0 Å². The first kappa shape index (κ1) is 6.66. The van der Waals surface area contributed by atoms with Gasteiger partial charge in [-0.3, -0.25) is 0 Å². The maximum Gasteiger partial charge on any atom is 0.00948 e. The molecule has 2 atom stereocenters. The quantitative estimate of drug-likeness (QED) is 0.495. The zero-order chi connectivity index (χ0) is 6.97. The Morgan fingerprint density at radius 2 is 2.10 bits per heavy atom. The number of piperidine rings is 1. The number of likely N-dealkylation sites (tertiary alicyclic amines) is 1. The molecule has 2 fully saturated rings. The van der Waals surface area contributed by atoms with Crippen molar-refractivity contribution in [2.75, 3.05) is 13.6 Å². The normalized spacial score (nSPS) is 41.7. The summed E-state index contributed by atoms with van der Waals surface area (Å²) in [6.07, 6.45) is 7.43. The Morgan fingerprint density at radius 3 is 2.90 bits per heavy atom. The van der Waals surface area contributed by atoms with Crippen LogP contribution in [-0.2, 0) is 0 Å². The van der Waals surface area contributed by atoms with Crippen LogP contribution in [0.2, 0.25) is 0 Å². The van der Waals surface area contributed by atoms with E-state index in [0.717, 1.165) is 12.0 Å². The second-order valence-electron chi connectivity index (χ2n) is 3.96. The molecule has 0 N–H and O–H groups in total. The highest BCUT2D eigenvalue weighted by Gasteiger charge is 2.28. The fourth-order valence-corrected chi connectivity index (χ4v) is 2.49. The standard InChI is InChI=1S/C9H17N/c1-10-6-5-8-3-2-4-9(10)7-8/h8-9H,2-7H2,1H3. The molecule has 1 saturated carbocycles. The van der Waals surface area contributed by atoms with E-state index < -0.39 is 0 Å². The van der Waals surface area contributed by atoms with Crippen molar-refractivity contribution in [1.82, 2.24) is 4.90 Å². The van der Waals surface area contributed by atoms with Crippen LogP contribution in [0.4, 0.5) is 0 Å². The van der Waals surface area contributed by atoms with Gasteiger partial charge in [0.2, 0.25) is 0 Å². The predicted molar refractivity (Wildman–Crippen MR) is 43.0 cm³/mol. The molecule has 0 aromatic carbocycles. The summed E-state index contributed by atoms with van der Waals surface area (Å²) in [5, 5.41) is 0. The molecule has 10 heavy (non-hydrogen) atoms. The number of fused-ring (bicyclic) bond motifs is 2. The Morgan fingerprint density at radius 1 is 1.20 bits per heavy atom. The minimum Gasteiger partial charge on any atom is -0.303 e. The molecule has 58 valence electrons. The highest BCUT2D eigenvalue weighted by atomic mass is 15.1. The summed E-state index contributed by atoms with van der Waals surface area (Å²) < 4.78 is 0. The van der Waals surface area contributed by atoms with E-state index in [1.54, 1.807) is 0 Å². The molecule has 0 spiro atoms. The highest BCUT2D eigenvalue weighted by Crippen LogP contribution is 2.33. The smallest absolute Gasteiger partial charge is 0.00948 e. The topological polar surface area (TPSA) is 3.24 Å². The summed E-state index contributed by atoms with van der Waals surface area (Å²) in [6.45, 7) is 1.36. The Kier molecular flexibility index (Phi) is 1.69. The third kappa shape index (κ3) is 1.07. The number of rotatable bonds is 0. The van der Waals surface area contributed by atoms with Crippen molar-refractivity contribution in [3.63, 3.8) is 0 Å². The summed E-state index contributed by atoms with van der Waals surface area (Å²) in [6, 6.07) is 0.951. The van der Waals surface area contributed by atoms with Gasteiger partial charge in [-0.05, 0) is 38.8 Å². The van der Waals surface area contributed by atoms with Gasteiger partial charge in [-0.25, -0.2) is 0 Å². The van der Waals surface area contributed by atoms with Gasteiger partial charge in [0.15, 0.2) is 0 Å². The summed E-state index contributed by atoms with van der Waals surface area (Å²) in [5.74, 6) is 1.09. The molecule has 1 nitrogen and oxygen atoms in total. The average Bonchev–Trinajstić information content (AvgIpc) is 1.99. The molecule has 1 aliphatic heterocycles. The fourth-order valence-electron chi connectivity index (χ4n) is 2.49. The maximum atomic E-state index is 2.55.